The Hall–Kier alpha value is -1.89. The number of hydrogen-bond acceptors (Lipinski definition) is 5. The van der Waals surface area contributed by atoms with Crippen molar-refractivity contribution in [2.45, 2.75) is 41.8 Å². The van der Waals surface area contributed by atoms with Gasteiger partial charge in [-0.15, -0.1) is 0 Å². The van der Waals surface area contributed by atoms with E-state index in [4.69, 9.17) is 21.1 Å². The third-order valence-electron chi connectivity index (χ3n) is 5.13. The molecule has 4 rings (SSSR count). The number of carbonyl (C=O) groups excluding carboxylic acids is 1. The summed E-state index contributed by atoms with van der Waals surface area (Å²) in [6, 6.07) is 12.2. The van der Waals surface area contributed by atoms with Crippen LogP contribution in [-0.4, -0.2) is 44.3 Å². The Bertz CT molecular complexity index is 873. The molecule has 2 aromatic rings. The molecule has 7 heteroatoms. The van der Waals surface area contributed by atoms with E-state index in [1.807, 2.05) is 18.2 Å². The van der Waals surface area contributed by atoms with E-state index in [9.17, 15) is 4.79 Å². The van der Waals surface area contributed by atoms with Gasteiger partial charge >= 0.3 is 0 Å². The third kappa shape index (κ3) is 4.82. The number of amides is 1. The van der Waals surface area contributed by atoms with Crippen LogP contribution in [0.5, 0.6) is 5.75 Å². The van der Waals surface area contributed by atoms with E-state index >= 15 is 0 Å². The topological polar surface area (TPSA) is 42.0 Å². The van der Waals surface area contributed by atoms with Crippen LogP contribution in [-0.2, 0) is 9.53 Å². The molecule has 0 radical (unpaired) electrons. The van der Waals surface area contributed by atoms with Gasteiger partial charge < -0.3 is 19.3 Å². The maximum absolute atomic E-state index is 10.9. The van der Waals surface area contributed by atoms with Gasteiger partial charge in [-0.25, -0.2) is 0 Å². The minimum absolute atomic E-state index is 0.156. The van der Waals surface area contributed by atoms with E-state index in [1.165, 1.54) is 0 Å². The number of rotatable bonds is 7. The van der Waals surface area contributed by atoms with E-state index in [0.717, 1.165) is 77.2 Å². The van der Waals surface area contributed by atoms with Crippen molar-refractivity contribution in [2.75, 3.05) is 31.6 Å². The molecule has 2 aliphatic heterocycles. The summed E-state index contributed by atoms with van der Waals surface area (Å²) in [5.41, 5.74) is 2.24. The van der Waals surface area contributed by atoms with Gasteiger partial charge in [0.15, 0.2) is 6.29 Å². The molecule has 0 saturated carbocycles. The smallest absolute Gasteiger partial charge is 0.209 e. The molecule has 1 fully saturated rings. The van der Waals surface area contributed by atoms with Crippen molar-refractivity contribution in [3.05, 3.63) is 41.4 Å². The fraction of sp³-hybridized carbons (Fsp3) is 0.409. The van der Waals surface area contributed by atoms with Gasteiger partial charge in [0.05, 0.1) is 18.0 Å². The largest absolute Gasteiger partial charge is 0.465 e. The Labute approximate surface area is 180 Å². The van der Waals surface area contributed by atoms with Crippen LogP contribution in [0.1, 0.15) is 25.7 Å². The van der Waals surface area contributed by atoms with Crippen molar-refractivity contribution >= 4 is 41.1 Å². The van der Waals surface area contributed by atoms with Crippen molar-refractivity contribution in [3.63, 3.8) is 0 Å². The molecular formula is C22H25ClN2O3S. The Morgan fingerprint density at radius 2 is 2.14 bits per heavy atom. The fourth-order valence-electron chi connectivity index (χ4n) is 3.64. The molecule has 0 bridgehead atoms. The fourth-order valence-corrected chi connectivity index (χ4v) is 4.91. The molecule has 0 aliphatic carbocycles. The molecule has 2 aromatic carbocycles. The number of ether oxygens (including phenoxy) is 2. The van der Waals surface area contributed by atoms with Crippen molar-refractivity contribution in [2.24, 2.45) is 0 Å². The highest BCUT2D eigenvalue weighted by molar-refractivity contribution is 7.99. The lowest BCUT2D eigenvalue weighted by atomic mass is 10.2. The number of nitrogens with zero attached hydrogens (tertiary/aromatic N) is 2. The van der Waals surface area contributed by atoms with Crippen molar-refractivity contribution < 1.29 is 14.3 Å². The molecule has 0 N–H and O–H groups in total. The second-order valence-corrected chi connectivity index (χ2v) is 8.87. The van der Waals surface area contributed by atoms with E-state index in [2.05, 4.69) is 23.1 Å². The van der Waals surface area contributed by atoms with Gasteiger partial charge in [0.1, 0.15) is 5.75 Å². The van der Waals surface area contributed by atoms with Crippen LogP contribution < -0.4 is 9.64 Å². The van der Waals surface area contributed by atoms with Crippen LogP contribution in [0.15, 0.2) is 46.2 Å². The first-order chi connectivity index (χ1) is 14.1. The summed E-state index contributed by atoms with van der Waals surface area (Å²) < 4.78 is 11.8. The summed E-state index contributed by atoms with van der Waals surface area (Å²) in [4.78, 5) is 17.2. The van der Waals surface area contributed by atoms with E-state index in [1.54, 1.807) is 23.7 Å². The van der Waals surface area contributed by atoms with Gasteiger partial charge in [-0.3, -0.25) is 4.79 Å². The molecule has 5 nitrogen and oxygen atoms in total. The van der Waals surface area contributed by atoms with Gasteiger partial charge in [0.2, 0.25) is 6.41 Å². The highest BCUT2D eigenvalue weighted by atomic mass is 35.5. The second kappa shape index (κ2) is 9.28. The predicted octanol–water partition coefficient (Wildman–Crippen LogP) is 5.33. The number of anilines is 2. The number of halogens is 1. The maximum Gasteiger partial charge on any atom is 0.209 e. The van der Waals surface area contributed by atoms with Gasteiger partial charge in [-0.2, -0.15) is 0 Å². The van der Waals surface area contributed by atoms with Crippen molar-refractivity contribution in [3.8, 4) is 5.75 Å². The minimum atomic E-state index is -0.156. The summed E-state index contributed by atoms with van der Waals surface area (Å²) >= 11 is 8.01. The van der Waals surface area contributed by atoms with Gasteiger partial charge in [-0.1, -0.05) is 23.4 Å². The molecular weight excluding hydrogens is 408 g/mol. The summed E-state index contributed by atoms with van der Waals surface area (Å²) in [5.74, 6) is 0.834. The first kappa shape index (κ1) is 20.4. The molecule has 1 unspecified atom stereocenters. The first-order valence-corrected chi connectivity index (χ1v) is 11.2. The van der Waals surface area contributed by atoms with E-state index in [0.29, 0.717) is 6.54 Å². The second-order valence-electron chi connectivity index (χ2n) is 7.35. The van der Waals surface area contributed by atoms with Crippen LogP contribution in [0.2, 0.25) is 5.02 Å². The quantitative estimate of drug-likeness (QED) is 0.553. The Balaban J connectivity index is 1.57. The molecule has 0 spiro atoms. The van der Waals surface area contributed by atoms with Crippen LogP contribution in [0.25, 0.3) is 0 Å². The van der Waals surface area contributed by atoms with E-state index in [-0.39, 0.29) is 6.29 Å². The molecule has 2 heterocycles. The standard InChI is InChI=1S/C22H25ClN2O3S/c1-24(15-26)10-4-11-25-18-8-7-17(28-22-5-2-3-12-27-22)14-21(18)29-20-9-6-16(23)13-19(20)25/h6-9,13-15,22H,2-5,10-12H2,1H3. The number of fused-ring (bicyclic) bond motifs is 2. The predicted molar refractivity (Wildman–Crippen MR) is 117 cm³/mol. The SMILES string of the molecule is CN(C=O)CCCN1c2ccc(OC3CCCCO3)cc2Sc2ccc(Cl)cc21. The van der Waals surface area contributed by atoms with Crippen LogP contribution in [0.4, 0.5) is 11.4 Å². The summed E-state index contributed by atoms with van der Waals surface area (Å²) in [7, 11) is 1.80. The van der Waals surface area contributed by atoms with Crippen LogP contribution >= 0.6 is 23.4 Å². The Morgan fingerprint density at radius 1 is 1.24 bits per heavy atom. The average molecular weight is 433 g/mol. The monoisotopic (exact) mass is 432 g/mol. The van der Waals surface area contributed by atoms with Crippen LogP contribution in [0, 0.1) is 0 Å². The molecule has 1 amide bonds. The summed E-state index contributed by atoms with van der Waals surface area (Å²) in [6.45, 7) is 2.27. The highest BCUT2D eigenvalue weighted by Gasteiger charge is 2.25. The van der Waals surface area contributed by atoms with Crippen molar-refractivity contribution in [1.82, 2.24) is 4.90 Å². The maximum atomic E-state index is 10.9. The van der Waals surface area contributed by atoms with Gasteiger partial charge in [0.25, 0.3) is 0 Å². The lowest BCUT2D eigenvalue weighted by Gasteiger charge is -2.33. The van der Waals surface area contributed by atoms with Gasteiger partial charge in [-0.05, 0) is 55.7 Å². The first-order valence-electron chi connectivity index (χ1n) is 9.97. The lowest BCUT2D eigenvalue weighted by Crippen LogP contribution is -2.27. The molecule has 2 aliphatic rings. The zero-order chi connectivity index (χ0) is 20.2. The van der Waals surface area contributed by atoms with Crippen molar-refractivity contribution in [1.29, 1.82) is 0 Å². The zero-order valence-electron chi connectivity index (χ0n) is 16.5. The Morgan fingerprint density at radius 3 is 2.93 bits per heavy atom. The molecule has 1 atom stereocenters. The average Bonchev–Trinajstić information content (AvgIpc) is 2.74. The zero-order valence-corrected chi connectivity index (χ0v) is 18.0. The Kier molecular flexibility index (Phi) is 6.53. The molecule has 1 saturated heterocycles. The third-order valence-corrected chi connectivity index (χ3v) is 6.48. The number of carbonyl (C=O) groups is 1. The van der Waals surface area contributed by atoms with Crippen LogP contribution in [0.3, 0.4) is 0 Å². The molecule has 29 heavy (non-hydrogen) atoms. The number of hydrogen-bond donors (Lipinski definition) is 0. The molecule has 0 aromatic heterocycles. The lowest BCUT2D eigenvalue weighted by molar-refractivity contribution is -0.117. The number of benzene rings is 2. The normalized spacial score (nSPS) is 18.0. The molecule has 154 valence electrons. The van der Waals surface area contributed by atoms with E-state index < -0.39 is 0 Å². The minimum Gasteiger partial charge on any atom is -0.465 e. The van der Waals surface area contributed by atoms with Gasteiger partial charge in [0, 0.05) is 41.4 Å². The highest BCUT2D eigenvalue weighted by Crippen LogP contribution is 2.50. The summed E-state index contributed by atoms with van der Waals surface area (Å²) in [6.07, 6.45) is 4.74. The summed E-state index contributed by atoms with van der Waals surface area (Å²) in [5, 5.41) is 0.720.